The lowest BCUT2D eigenvalue weighted by atomic mass is 10.7. The lowest BCUT2D eigenvalue weighted by Crippen LogP contribution is -2.09. The zero-order valence-electron chi connectivity index (χ0n) is 5.12. The molecule has 7 heavy (non-hydrogen) atoms. The van der Waals surface area contributed by atoms with Gasteiger partial charge in [0, 0.05) is 0 Å². The zero-order chi connectivity index (χ0) is 4.12. The summed E-state index contributed by atoms with van der Waals surface area (Å²) in [6, 6.07) is 0. The van der Waals surface area contributed by atoms with Crippen LogP contribution in [0.4, 0.5) is 0 Å². The molecule has 0 aliphatic carbocycles. The van der Waals surface area contributed by atoms with E-state index in [9.17, 15) is 0 Å². The Morgan fingerprint density at radius 3 is 1.43 bits per heavy atom. The molecule has 0 aromatic heterocycles. The van der Waals surface area contributed by atoms with E-state index in [1.54, 1.807) is 0 Å². The van der Waals surface area contributed by atoms with Crippen molar-refractivity contribution < 1.29 is 5.48 Å². The van der Waals surface area contributed by atoms with Gasteiger partial charge in [0.2, 0.25) is 0 Å². The van der Waals surface area contributed by atoms with Crippen LogP contribution in [-0.2, 0) is 0 Å². The summed E-state index contributed by atoms with van der Waals surface area (Å²) in [5.41, 5.74) is 0. The Kier molecular flexibility index (Phi) is 36.2. The summed E-state index contributed by atoms with van der Waals surface area (Å²) >= 11 is 0. The van der Waals surface area contributed by atoms with E-state index >= 15 is 0 Å². The second kappa shape index (κ2) is 16.2. The van der Waals surface area contributed by atoms with E-state index in [-0.39, 0.29) is 15.4 Å². The van der Waals surface area contributed by atoms with Crippen LogP contribution in [0.15, 0.2) is 0 Å². The molecule has 1 unspecified atom stereocenters. The van der Waals surface area contributed by atoms with E-state index < -0.39 is 0 Å². The third-order valence-corrected chi connectivity index (χ3v) is 0.500. The average Bonchev–Trinajstić information content (AvgIpc) is 1.41. The van der Waals surface area contributed by atoms with E-state index in [0.29, 0.717) is 0 Å². The van der Waals surface area contributed by atoms with Gasteiger partial charge in [-0.3, -0.25) is 0 Å². The minimum Gasteiger partial charge on any atom is -0.412 e. The summed E-state index contributed by atoms with van der Waals surface area (Å²) in [5, 5.41) is 3.11. The summed E-state index contributed by atoms with van der Waals surface area (Å²) in [4.78, 5) is 0. The Morgan fingerprint density at radius 2 is 1.43 bits per heavy atom. The summed E-state index contributed by atoms with van der Waals surface area (Å²) < 4.78 is 0. The molecule has 0 rings (SSSR count). The molecule has 2 nitrogen and oxygen atoms in total. The highest BCUT2D eigenvalue weighted by molar-refractivity contribution is 6.92. The highest BCUT2D eigenvalue weighted by atomic mass is 31.0. The molecular formula is C4H16NOP. The maximum Gasteiger partial charge on any atom is -0.00775 e. The van der Waals surface area contributed by atoms with Gasteiger partial charge in [-0.1, -0.05) is 13.8 Å². The molecule has 0 saturated carbocycles. The molecule has 0 amide bonds. The van der Waals surface area contributed by atoms with Crippen molar-refractivity contribution in [1.82, 2.24) is 5.32 Å². The van der Waals surface area contributed by atoms with Crippen molar-refractivity contribution >= 4 is 9.90 Å². The largest absolute Gasteiger partial charge is 0.412 e. The normalized spacial score (nSPS) is 6.00. The molecule has 0 aromatic carbocycles. The zero-order valence-corrected chi connectivity index (χ0v) is 6.54. The molecule has 0 heterocycles. The fourth-order valence-corrected chi connectivity index (χ4v) is 0.250. The lowest BCUT2D eigenvalue weighted by Gasteiger charge is -1.86. The van der Waals surface area contributed by atoms with Crippen LogP contribution in [0.5, 0.6) is 0 Å². The van der Waals surface area contributed by atoms with Gasteiger partial charge in [-0.25, -0.2) is 0 Å². The quantitative estimate of drug-likeness (QED) is 0.512. The van der Waals surface area contributed by atoms with Crippen molar-refractivity contribution in [1.29, 1.82) is 0 Å². The molecule has 48 valence electrons. The molecule has 0 aromatic rings. The topological polar surface area (TPSA) is 43.5 Å². The molecule has 0 spiro atoms. The van der Waals surface area contributed by atoms with Crippen molar-refractivity contribution in [3.8, 4) is 0 Å². The molecule has 0 fully saturated rings. The summed E-state index contributed by atoms with van der Waals surface area (Å²) in [7, 11) is 0. The maximum atomic E-state index is 3.11. The Balaban J connectivity index is -0.0000000800. The highest BCUT2D eigenvalue weighted by Gasteiger charge is 1.62. The van der Waals surface area contributed by atoms with Crippen LogP contribution in [0.2, 0.25) is 0 Å². The van der Waals surface area contributed by atoms with Crippen molar-refractivity contribution in [3.63, 3.8) is 0 Å². The van der Waals surface area contributed by atoms with Crippen LogP contribution in [0.3, 0.4) is 0 Å². The van der Waals surface area contributed by atoms with E-state index in [1.807, 2.05) is 0 Å². The second-order valence-corrected chi connectivity index (χ2v) is 0.957. The van der Waals surface area contributed by atoms with Gasteiger partial charge in [0.05, 0.1) is 0 Å². The average molecular weight is 125 g/mol. The molecule has 3 heteroatoms. The smallest absolute Gasteiger partial charge is 0.00775 e. The number of rotatable bonds is 2. The van der Waals surface area contributed by atoms with E-state index in [1.165, 1.54) is 0 Å². The first kappa shape index (κ1) is 15.7. The van der Waals surface area contributed by atoms with Crippen LogP contribution in [0, 0.1) is 0 Å². The molecule has 0 aliphatic rings. The second-order valence-electron chi connectivity index (χ2n) is 0.957. The van der Waals surface area contributed by atoms with Crippen LogP contribution in [-0.4, -0.2) is 18.6 Å². The standard InChI is InChI=1S/C4H11N.H2O.H3P/c1-3-5-4-2;;/h5H,3-4H2,1-2H3;1H2;1H3. The van der Waals surface area contributed by atoms with Gasteiger partial charge in [0.1, 0.15) is 0 Å². The number of nitrogens with one attached hydrogen (secondary N) is 1. The molecule has 0 radical (unpaired) electrons. The van der Waals surface area contributed by atoms with Gasteiger partial charge >= 0.3 is 0 Å². The molecule has 3 N–H and O–H groups in total. The van der Waals surface area contributed by atoms with E-state index in [2.05, 4.69) is 19.2 Å². The first-order chi connectivity index (χ1) is 2.41. The van der Waals surface area contributed by atoms with Crippen LogP contribution < -0.4 is 5.32 Å². The van der Waals surface area contributed by atoms with Crippen LogP contribution in [0.25, 0.3) is 0 Å². The molecule has 0 saturated heterocycles. The summed E-state index contributed by atoms with van der Waals surface area (Å²) in [6.07, 6.45) is 0. The predicted molar refractivity (Wildman–Crippen MR) is 38.9 cm³/mol. The fraction of sp³-hybridized carbons (Fsp3) is 1.00. The molecule has 0 bridgehead atoms. The fourth-order valence-electron chi connectivity index (χ4n) is 0.250. The molecule has 1 atom stereocenters. The van der Waals surface area contributed by atoms with Crippen molar-refractivity contribution in [2.24, 2.45) is 0 Å². The van der Waals surface area contributed by atoms with Crippen molar-refractivity contribution in [3.05, 3.63) is 0 Å². The summed E-state index contributed by atoms with van der Waals surface area (Å²) in [6.45, 7) is 6.39. The Bertz CT molecular complexity index is 19.2. The van der Waals surface area contributed by atoms with Gasteiger partial charge < -0.3 is 10.8 Å². The third-order valence-electron chi connectivity index (χ3n) is 0.500. The predicted octanol–water partition coefficient (Wildman–Crippen LogP) is -0.151. The minimum absolute atomic E-state index is 0. The number of hydrogen-bond donors (Lipinski definition) is 1. The van der Waals surface area contributed by atoms with Gasteiger partial charge in [0.15, 0.2) is 0 Å². The third kappa shape index (κ3) is 21.8. The van der Waals surface area contributed by atoms with E-state index in [0.717, 1.165) is 13.1 Å². The monoisotopic (exact) mass is 125 g/mol. The maximum absolute atomic E-state index is 3.11. The van der Waals surface area contributed by atoms with Crippen LogP contribution in [0.1, 0.15) is 13.8 Å². The van der Waals surface area contributed by atoms with Gasteiger partial charge in [-0.2, -0.15) is 9.90 Å². The Labute approximate surface area is 48.6 Å². The first-order valence-electron chi connectivity index (χ1n) is 2.12. The van der Waals surface area contributed by atoms with Gasteiger partial charge in [-0.15, -0.1) is 0 Å². The van der Waals surface area contributed by atoms with Gasteiger partial charge in [0.25, 0.3) is 0 Å². The van der Waals surface area contributed by atoms with Gasteiger partial charge in [-0.05, 0) is 13.1 Å². The van der Waals surface area contributed by atoms with Crippen molar-refractivity contribution in [2.75, 3.05) is 13.1 Å². The molecular weight excluding hydrogens is 109 g/mol. The summed E-state index contributed by atoms with van der Waals surface area (Å²) in [5.74, 6) is 0. The van der Waals surface area contributed by atoms with Crippen LogP contribution >= 0.6 is 9.90 Å². The lowest BCUT2D eigenvalue weighted by molar-refractivity contribution is 0.762. The SMILES string of the molecule is CCNCC.O.P. The Hall–Kier alpha value is 0.350. The first-order valence-corrected chi connectivity index (χ1v) is 2.12. The minimum atomic E-state index is 0. The number of hydrogen-bond acceptors (Lipinski definition) is 1. The molecule has 0 aliphatic heterocycles. The highest BCUT2D eigenvalue weighted by Crippen LogP contribution is 1.47. The Morgan fingerprint density at radius 1 is 1.14 bits per heavy atom. The van der Waals surface area contributed by atoms with Crippen molar-refractivity contribution in [2.45, 2.75) is 13.8 Å². The van der Waals surface area contributed by atoms with E-state index in [4.69, 9.17) is 0 Å².